The van der Waals surface area contributed by atoms with Gasteiger partial charge in [0.2, 0.25) is 0 Å². The van der Waals surface area contributed by atoms with E-state index >= 15 is 0 Å². The third kappa shape index (κ3) is 8.88. The molecule has 0 nitrogen and oxygen atoms in total. The molecule has 3 aromatic rings. The fraction of sp³-hybridized carbons (Fsp3) is 0.217. The minimum Gasteiger partial charge on any atom is -0.207 e. The molecule has 0 N–H and O–H groups in total. The number of alkyl halides is 6. The molecule has 0 aliphatic carbocycles. The van der Waals surface area contributed by atoms with E-state index in [1.54, 1.807) is 6.07 Å². The maximum absolute atomic E-state index is 12.6. The highest BCUT2D eigenvalue weighted by atomic mass is 127. The number of benzene rings is 3. The molecule has 0 fully saturated rings. The second-order valence-electron chi connectivity index (χ2n) is 6.47. The van der Waals surface area contributed by atoms with Gasteiger partial charge in [0, 0.05) is 3.57 Å². The van der Waals surface area contributed by atoms with E-state index in [4.69, 9.17) is 0 Å². The zero-order chi connectivity index (χ0) is 23.8. The number of halogens is 8. The molecule has 0 atom stereocenters. The predicted octanol–water partition coefficient (Wildman–Crippen LogP) is 8.77. The maximum Gasteiger partial charge on any atom is 0.416 e. The monoisotopic (exact) mass is 556 g/mol. The first-order valence-electron chi connectivity index (χ1n) is 8.91. The van der Waals surface area contributed by atoms with Crippen LogP contribution in [0.3, 0.4) is 0 Å². The molecule has 0 unspecified atom stereocenters. The summed E-state index contributed by atoms with van der Waals surface area (Å²) in [6.45, 7) is 4.67. The normalized spacial score (nSPS) is 11.1. The number of hydrogen-bond donors (Lipinski definition) is 0. The SMILES string of the molecule is Cc1c(F)cccc1C(F)(F)F.Cc1ccccc1C(F)(F)F.Cc1ccccc1I. The molecule has 0 aromatic heterocycles. The highest BCUT2D eigenvalue weighted by Crippen LogP contribution is 2.32. The van der Waals surface area contributed by atoms with E-state index in [0.29, 0.717) is 0 Å². The van der Waals surface area contributed by atoms with Gasteiger partial charge in [-0.15, -0.1) is 0 Å². The van der Waals surface area contributed by atoms with Crippen molar-refractivity contribution in [3.8, 4) is 0 Å². The summed E-state index contributed by atoms with van der Waals surface area (Å²) in [5.74, 6) is -0.829. The van der Waals surface area contributed by atoms with E-state index in [1.807, 2.05) is 0 Å². The fourth-order valence-electron chi connectivity index (χ4n) is 2.36. The Kier molecular flexibility index (Phi) is 9.99. The quantitative estimate of drug-likeness (QED) is 0.192. The van der Waals surface area contributed by atoms with Gasteiger partial charge in [-0.05, 0) is 84.3 Å². The Bertz CT molecular complexity index is 955. The molecular weight excluding hydrogens is 536 g/mol. The fourth-order valence-corrected chi connectivity index (χ4v) is 2.74. The Morgan fingerprint density at radius 1 is 0.581 bits per heavy atom. The van der Waals surface area contributed by atoms with Gasteiger partial charge in [-0.3, -0.25) is 0 Å². The molecular formula is C23H20F7I. The van der Waals surface area contributed by atoms with Crippen LogP contribution >= 0.6 is 22.6 Å². The molecule has 0 saturated carbocycles. The third-order valence-corrected chi connectivity index (χ3v) is 5.31. The Morgan fingerprint density at radius 3 is 1.39 bits per heavy atom. The smallest absolute Gasteiger partial charge is 0.207 e. The van der Waals surface area contributed by atoms with Crippen molar-refractivity contribution in [1.29, 1.82) is 0 Å². The van der Waals surface area contributed by atoms with Crippen LogP contribution in [0, 0.1) is 30.2 Å². The lowest BCUT2D eigenvalue weighted by atomic mass is 10.1. The Hall–Kier alpha value is -2.10. The standard InChI is InChI=1S/C8H6F4.C8H7F3.C7H7I/c1-5-6(8(10,11)12)3-2-4-7(5)9;1-6-4-2-3-5-7(6)8(9,10)11;1-6-4-2-3-5-7(6)8/h2-4H,1H3;2-5H,1H3;2-5H,1H3. The van der Waals surface area contributed by atoms with Crippen LogP contribution in [-0.4, -0.2) is 0 Å². The first-order chi connectivity index (χ1) is 14.2. The van der Waals surface area contributed by atoms with Gasteiger partial charge in [0.25, 0.3) is 0 Å². The lowest BCUT2D eigenvalue weighted by Crippen LogP contribution is -2.08. The van der Waals surface area contributed by atoms with E-state index in [1.165, 1.54) is 28.2 Å². The summed E-state index contributed by atoms with van der Waals surface area (Å²) < 4.78 is 86.3. The molecule has 168 valence electrons. The zero-order valence-electron chi connectivity index (χ0n) is 16.9. The van der Waals surface area contributed by atoms with E-state index in [0.717, 1.165) is 31.2 Å². The third-order valence-electron chi connectivity index (χ3n) is 4.10. The van der Waals surface area contributed by atoms with Crippen molar-refractivity contribution >= 4 is 22.6 Å². The molecule has 0 spiro atoms. The van der Waals surface area contributed by atoms with Crippen molar-refractivity contribution in [2.75, 3.05) is 0 Å². The first kappa shape index (κ1) is 26.9. The predicted molar refractivity (Wildman–Crippen MR) is 116 cm³/mol. The molecule has 31 heavy (non-hydrogen) atoms. The van der Waals surface area contributed by atoms with Crippen LogP contribution in [0.5, 0.6) is 0 Å². The molecule has 0 heterocycles. The van der Waals surface area contributed by atoms with Crippen LogP contribution in [-0.2, 0) is 12.4 Å². The van der Waals surface area contributed by atoms with Gasteiger partial charge >= 0.3 is 12.4 Å². The summed E-state index contributed by atoms with van der Waals surface area (Å²) in [4.78, 5) is 0. The number of aryl methyl sites for hydroxylation is 2. The minimum atomic E-state index is -4.47. The van der Waals surface area contributed by atoms with Crippen molar-refractivity contribution in [3.05, 3.63) is 104 Å². The summed E-state index contributed by atoms with van der Waals surface area (Å²) in [6.07, 6.45) is -8.68. The molecule has 0 radical (unpaired) electrons. The van der Waals surface area contributed by atoms with Crippen LogP contribution in [0.1, 0.15) is 27.8 Å². The molecule has 0 aliphatic rings. The molecule has 3 aromatic carbocycles. The van der Waals surface area contributed by atoms with Crippen molar-refractivity contribution in [1.82, 2.24) is 0 Å². The summed E-state index contributed by atoms with van der Waals surface area (Å²) in [6, 6.07) is 16.7. The molecule has 0 bridgehead atoms. The molecule has 3 rings (SSSR count). The minimum absolute atomic E-state index is 0.264. The van der Waals surface area contributed by atoms with E-state index < -0.39 is 29.3 Å². The van der Waals surface area contributed by atoms with Crippen molar-refractivity contribution in [2.24, 2.45) is 0 Å². The summed E-state index contributed by atoms with van der Waals surface area (Å²) in [5, 5.41) is 0. The van der Waals surface area contributed by atoms with Gasteiger partial charge in [0.05, 0.1) is 11.1 Å². The zero-order valence-corrected chi connectivity index (χ0v) is 19.0. The van der Waals surface area contributed by atoms with Gasteiger partial charge in [0.15, 0.2) is 0 Å². The highest BCUT2D eigenvalue weighted by Gasteiger charge is 2.33. The van der Waals surface area contributed by atoms with Crippen LogP contribution in [0.25, 0.3) is 0 Å². The molecule has 0 aliphatic heterocycles. The largest absolute Gasteiger partial charge is 0.416 e. The lowest BCUT2D eigenvalue weighted by Gasteiger charge is -2.09. The summed E-state index contributed by atoms with van der Waals surface area (Å²) >= 11 is 2.32. The van der Waals surface area contributed by atoms with Gasteiger partial charge in [0.1, 0.15) is 5.82 Å². The Balaban J connectivity index is 0.000000237. The Labute approximate surface area is 190 Å². The second-order valence-corrected chi connectivity index (χ2v) is 7.63. The van der Waals surface area contributed by atoms with Gasteiger partial charge in [-0.2, -0.15) is 26.3 Å². The molecule has 8 heteroatoms. The lowest BCUT2D eigenvalue weighted by molar-refractivity contribution is -0.139. The van der Waals surface area contributed by atoms with Crippen molar-refractivity contribution in [2.45, 2.75) is 33.1 Å². The van der Waals surface area contributed by atoms with Crippen LogP contribution in [0.4, 0.5) is 30.7 Å². The van der Waals surface area contributed by atoms with Crippen molar-refractivity contribution in [3.63, 3.8) is 0 Å². The maximum atomic E-state index is 12.6. The van der Waals surface area contributed by atoms with Crippen LogP contribution < -0.4 is 0 Å². The van der Waals surface area contributed by atoms with Gasteiger partial charge in [-0.25, -0.2) is 4.39 Å². The van der Waals surface area contributed by atoms with E-state index in [2.05, 4.69) is 53.8 Å². The summed E-state index contributed by atoms with van der Waals surface area (Å²) in [7, 11) is 0. The van der Waals surface area contributed by atoms with Gasteiger partial charge < -0.3 is 0 Å². The van der Waals surface area contributed by atoms with E-state index in [9.17, 15) is 30.7 Å². The number of rotatable bonds is 0. The Morgan fingerprint density at radius 2 is 1.03 bits per heavy atom. The number of hydrogen-bond acceptors (Lipinski definition) is 0. The second kappa shape index (κ2) is 11.5. The average Bonchev–Trinajstić information content (AvgIpc) is 2.66. The summed E-state index contributed by atoms with van der Waals surface area (Å²) in [5.41, 5.74) is -0.208. The van der Waals surface area contributed by atoms with Crippen LogP contribution in [0.2, 0.25) is 0 Å². The molecule has 0 saturated heterocycles. The average molecular weight is 556 g/mol. The van der Waals surface area contributed by atoms with E-state index in [-0.39, 0.29) is 11.1 Å². The highest BCUT2D eigenvalue weighted by molar-refractivity contribution is 14.1. The van der Waals surface area contributed by atoms with Crippen LogP contribution in [0.15, 0.2) is 66.7 Å². The topological polar surface area (TPSA) is 0 Å². The first-order valence-corrected chi connectivity index (χ1v) is 9.99. The van der Waals surface area contributed by atoms with Gasteiger partial charge in [-0.1, -0.05) is 42.5 Å². The van der Waals surface area contributed by atoms with Crippen molar-refractivity contribution < 1.29 is 30.7 Å². The molecule has 0 amide bonds.